The zero-order valence-electron chi connectivity index (χ0n) is 11.5. The Balaban J connectivity index is 4.61. The van der Waals surface area contributed by atoms with Crippen LogP contribution < -0.4 is 5.32 Å². The molecule has 0 bridgehead atoms. The van der Waals surface area contributed by atoms with Crippen LogP contribution in [0.25, 0.3) is 0 Å². The lowest BCUT2D eigenvalue weighted by molar-refractivity contribution is -0.143. The molecule has 0 aromatic rings. The highest BCUT2D eigenvalue weighted by Gasteiger charge is 2.24. The Bertz CT molecular complexity index is 335. The predicted molar refractivity (Wildman–Crippen MR) is 67.1 cm³/mol. The molecule has 2 amide bonds. The van der Waals surface area contributed by atoms with Gasteiger partial charge in [-0.2, -0.15) is 0 Å². The summed E-state index contributed by atoms with van der Waals surface area (Å²) in [7, 11) is 1.42. The van der Waals surface area contributed by atoms with Gasteiger partial charge in [-0.1, -0.05) is 0 Å². The molecule has 20 heavy (non-hydrogen) atoms. The molecule has 116 valence electrons. The molecule has 9 heteroatoms. The minimum Gasteiger partial charge on any atom is -0.480 e. The molecule has 0 aliphatic carbocycles. The fourth-order valence-corrected chi connectivity index (χ4v) is 1.24. The number of carboxylic acids is 1. The average molecular weight is 292 g/mol. The lowest BCUT2D eigenvalue weighted by Gasteiger charge is -2.23. The van der Waals surface area contributed by atoms with Gasteiger partial charge < -0.3 is 29.9 Å². The van der Waals surface area contributed by atoms with Crippen molar-refractivity contribution in [2.45, 2.75) is 13.0 Å². The number of ether oxygens (including phenoxy) is 2. The summed E-state index contributed by atoms with van der Waals surface area (Å²) in [4.78, 5) is 35.0. The van der Waals surface area contributed by atoms with E-state index in [2.05, 4.69) is 5.32 Å². The zero-order valence-corrected chi connectivity index (χ0v) is 11.5. The molecule has 0 aromatic heterocycles. The van der Waals surface area contributed by atoms with E-state index in [4.69, 9.17) is 19.7 Å². The van der Waals surface area contributed by atoms with Crippen molar-refractivity contribution >= 4 is 18.0 Å². The van der Waals surface area contributed by atoms with E-state index in [1.54, 1.807) is 6.92 Å². The Morgan fingerprint density at radius 1 is 1.35 bits per heavy atom. The number of esters is 1. The topological polar surface area (TPSA) is 125 Å². The summed E-state index contributed by atoms with van der Waals surface area (Å²) in [6.45, 7) is 0.971. The SMILES string of the molecule is CCOC(=O)CN(CCOC)C(=O)NC(CO)C(=O)O. The Morgan fingerprint density at radius 2 is 2.00 bits per heavy atom. The molecule has 3 N–H and O–H groups in total. The molecule has 0 rings (SSSR count). The summed E-state index contributed by atoms with van der Waals surface area (Å²) in [6, 6.07) is -2.23. The van der Waals surface area contributed by atoms with Crippen molar-refractivity contribution in [2.75, 3.05) is 40.0 Å². The van der Waals surface area contributed by atoms with E-state index < -0.39 is 30.6 Å². The second-order valence-electron chi connectivity index (χ2n) is 3.74. The number of carbonyl (C=O) groups excluding carboxylic acids is 2. The maximum absolute atomic E-state index is 11.8. The van der Waals surface area contributed by atoms with E-state index in [1.165, 1.54) is 7.11 Å². The smallest absolute Gasteiger partial charge is 0.328 e. The minimum atomic E-state index is -1.44. The van der Waals surface area contributed by atoms with Gasteiger partial charge in [-0.3, -0.25) is 4.79 Å². The first-order chi connectivity index (χ1) is 9.46. The Kier molecular flexibility index (Phi) is 9.05. The number of aliphatic hydroxyl groups is 1. The molecular formula is C11H20N2O7. The quantitative estimate of drug-likeness (QED) is 0.449. The van der Waals surface area contributed by atoms with Crippen molar-refractivity contribution in [3.8, 4) is 0 Å². The highest BCUT2D eigenvalue weighted by molar-refractivity contribution is 5.85. The van der Waals surface area contributed by atoms with Gasteiger partial charge in [-0.15, -0.1) is 0 Å². The zero-order chi connectivity index (χ0) is 15.5. The number of amides is 2. The van der Waals surface area contributed by atoms with Crippen LogP contribution in [0.1, 0.15) is 6.92 Å². The van der Waals surface area contributed by atoms with Gasteiger partial charge in [0.25, 0.3) is 0 Å². The fraction of sp³-hybridized carbons (Fsp3) is 0.727. The number of nitrogens with zero attached hydrogens (tertiary/aromatic N) is 1. The molecule has 0 aliphatic heterocycles. The Hall–Kier alpha value is -1.87. The molecule has 0 aliphatic rings. The lowest BCUT2D eigenvalue weighted by atomic mass is 10.3. The number of hydrogen-bond acceptors (Lipinski definition) is 6. The van der Waals surface area contributed by atoms with Crippen LogP contribution in [-0.2, 0) is 19.1 Å². The van der Waals surface area contributed by atoms with Crippen LogP contribution in [0.2, 0.25) is 0 Å². The summed E-state index contributed by atoms with van der Waals surface area (Å²) in [5.41, 5.74) is 0. The number of urea groups is 1. The number of hydrogen-bond donors (Lipinski definition) is 3. The van der Waals surface area contributed by atoms with Crippen LogP contribution in [0.4, 0.5) is 4.79 Å². The summed E-state index contributed by atoms with van der Waals surface area (Å²) in [6.07, 6.45) is 0. The number of nitrogens with one attached hydrogen (secondary N) is 1. The van der Waals surface area contributed by atoms with Crippen molar-refractivity contribution in [1.29, 1.82) is 0 Å². The molecule has 0 fully saturated rings. The summed E-state index contributed by atoms with van der Waals surface area (Å²) < 4.78 is 9.52. The standard InChI is InChI=1S/C11H20N2O7/c1-3-20-9(15)6-13(4-5-19-2)11(18)12-8(7-14)10(16)17/h8,14H,3-7H2,1-2H3,(H,12,18)(H,16,17). The average Bonchev–Trinajstić information content (AvgIpc) is 2.40. The van der Waals surface area contributed by atoms with Gasteiger partial charge in [-0.25, -0.2) is 9.59 Å². The summed E-state index contributed by atoms with van der Waals surface area (Å²) in [5.74, 6) is -1.99. The van der Waals surface area contributed by atoms with Crippen molar-refractivity contribution in [3.63, 3.8) is 0 Å². The Labute approximate surface area is 116 Å². The molecule has 0 spiro atoms. The highest BCUT2D eigenvalue weighted by atomic mass is 16.5. The van der Waals surface area contributed by atoms with Crippen LogP contribution in [0, 0.1) is 0 Å². The second-order valence-corrected chi connectivity index (χ2v) is 3.74. The van der Waals surface area contributed by atoms with E-state index >= 15 is 0 Å². The van der Waals surface area contributed by atoms with Crippen molar-refractivity contribution in [1.82, 2.24) is 10.2 Å². The van der Waals surface area contributed by atoms with E-state index in [9.17, 15) is 14.4 Å². The third kappa shape index (κ3) is 6.90. The first-order valence-electron chi connectivity index (χ1n) is 5.99. The van der Waals surface area contributed by atoms with Crippen LogP contribution in [-0.4, -0.2) is 79.1 Å². The molecular weight excluding hydrogens is 272 g/mol. The summed E-state index contributed by atoms with van der Waals surface area (Å²) in [5, 5.41) is 19.7. The molecule has 0 aromatic carbocycles. The second kappa shape index (κ2) is 9.98. The van der Waals surface area contributed by atoms with E-state index in [1.807, 2.05) is 0 Å². The van der Waals surface area contributed by atoms with Crippen LogP contribution >= 0.6 is 0 Å². The molecule has 0 saturated carbocycles. The molecule has 1 unspecified atom stereocenters. The van der Waals surface area contributed by atoms with Gasteiger partial charge in [0.2, 0.25) is 0 Å². The van der Waals surface area contributed by atoms with Crippen LogP contribution in [0.15, 0.2) is 0 Å². The van der Waals surface area contributed by atoms with E-state index in [-0.39, 0.29) is 26.3 Å². The highest BCUT2D eigenvalue weighted by Crippen LogP contribution is 1.95. The number of methoxy groups -OCH3 is 1. The fourth-order valence-electron chi connectivity index (χ4n) is 1.24. The normalized spacial score (nSPS) is 11.6. The Morgan fingerprint density at radius 3 is 2.45 bits per heavy atom. The van der Waals surface area contributed by atoms with Gasteiger partial charge in [-0.05, 0) is 6.92 Å². The molecule has 9 nitrogen and oxygen atoms in total. The van der Waals surface area contributed by atoms with Crippen molar-refractivity contribution in [3.05, 3.63) is 0 Å². The van der Waals surface area contributed by atoms with Crippen molar-refractivity contribution in [2.24, 2.45) is 0 Å². The summed E-state index contributed by atoms with van der Waals surface area (Å²) >= 11 is 0. The number of aliphatic hydroxyl groups excluding tert-OH is 1. The maximum Gasteiger partial charge on any atom is 0.328 e. The predicted octanol–water partition coefficient (Wildman–Crippen LogP) is -1.35. The third-order valence-corrected chi connectivity index (χ3v) is 2.26. The minimum absolute atomic E-state index is 0.0823. The monoisotopic (exact) mass is 292 g/mol. The first-order valence-corrected chi connectivity index (χ1v) is 5.99. The van der Waals surface area contributed by atoms with Gasteiger partial charge in [0.05, 0.1) is 19.8 Å². The number of carboxylic acid groups (broad SMARTS) is 1. The van der Waals surface area contributed by atoms with Crippen molar-refractivity contribution < 1.29 is 34.1 Å². The molecule has 0 saturated heterocycles. The molecule has 0 radical (unpaired) electrons. The van der Waals surface area contributed by atoms with Gasteiger partial charge in [0.15, 0.2) is 6.04 Å². The van der Waals surface area contributed by atoms with Gasteiger partial charge in [0, 0.05) is 13.7 Å². The number of carbonyl (C=O) groups is 3. The van der Waals surface area contributed by atoms with Crippen LogP contribution in [0.5, 0.6) is 0 Å². The third-order valence-electron chi connectivity index (χ3n) is 2.26. The van der Waals surface area contributed by atoms with Crippen LogP contribution in [0.3, 0.4) is 0 Å². The van der Waals surface area contributed by atoms with Gasteiger partial charge >= 0.3 is 18.0 Å². The number of aliphatic carboxylic acids is 1. The lowest BCUT2D eigenvalue weighted by Crippen LogP contribution is -2.51. The largest absolute Gasteiger partial charge is 0.480 e. The molecule has 0 heterocycles. The number of rotatable bonds is 9. The first kappa shape index (κ1) is 18.1. The van der Waals surface area contributed by atoms with Gasteiger partial charge in [0.1, 0.15) is 6.54 Å². The molecule has 1 atom stereocenters. The van der Waals surface area contributed by atoms with E-state index in [0.29, 0.717) is 0 Å². The maximum atomic E-state index is 11.8. The van der Waals surface area contributed by atoms with E-state index in [0.717, 1.165) is 4.90 Å².